The lowest BCUT2D eigenvalue weighted by Gasteiger charge is -2.22. The van der Waals surface area contributed by atoms with Crippen molar-refractivity contribution in [3.8, 4) is 0 Å². The summed E-state index contributed by atoms with van der Waals surface area (Å²) in [5, 5.41) is 6.05. The van der Waals surface area contributed by atoms with Gasteiger partial charge in [-0.1, -0.05) is 30.3 Å². The lowest BCUT2D eigenvalue weighted by Crippen LogP contribution is -2.41. The molecule has 1 atom stereocenters. The minimum absolute atomic E-state index is 0.0250. The highest BCUT2D eigenvalue weighted by atomic mass is 16.5. The van der Waals surface area contributed by atoms with Crippen LogP contribution in [0.1, 0.15) is 24.8 Å². The van der Waals surface area contributed by atoms with Crippen molar-refractivity contribution < 1.29 is 9.53 Å². The Morgan fingerprint density at radius 2 is 1.75 bits per heavy atom. The number of likely N-dealkylation sites (tertiary alicyclic amines) is 1. The summed E-state index contributed by atoms with van der Waals surface area (Å²) in [5.74, 6) is 1.12. The number of benzene rings is 1. The maximum atomic E-state index is 11.9. The van der Waals surface area contributed by atoms with Gasteiger partial charge in [0.2, 0.25) is 0 Å². The molecule has 5 heteroatoms. The SMILES string of the molecule is O=C(NCC1CCOCC1)NCC1CCN(Cc2ccccc2)C1. The summed E-state index contributed by atoms with van der Waals surface area (Å²) in [6.07, 6.45) is 3.27. The molecule has 2 saturated heterocycles. The van der Waals surface area contributed by atoms with Crippen molar-refractivity contribution in [2.45, 2.75) is 25.8 Å². The highest BCUT2D eigenvalue weighted by Crippen LogP contribution is 2.18. The highest BCUT2D eigenvalue weighted by Gasteiger charge is 2.23. The van der Waals surface area contributed by atoms with Crippen LogP contribution in [0.4, 0.5) is 4.79 Å². The number of rotatable bonds is 6. The molecule has 3 rings (SSSR count). The van der Waals surface area contributed by atoms with E-state index in [-0.39, 0.29) is 6.03 Å². The first-order valence-electron chi connectivity index (χ1n) is 9.15. The number of amides is 2. The molecule has 0 radical (unpaired) electrons. The molecular formula is C19H29N3O2. The number of nitrogens with zero attached hydrogens (tertiary/aromatic N) is 1. The van der Waals surface area contributed by atoms with Gasteiger partial charge in [0.1, 0.15) is 0 Å². The molecular weight excluding hydrogens is 302 g/mol. The second kappa shape index (κ2) is 9.04. The summed E-state index contributed by atoms with van der Waals surface area (Å²) >= 11 is 0. The molecule has 24 heavy (non-hydrogen) atoms. The summed E-state index contributed by atoms with van der Waals surface area (Å²) in [6, 6.07) is 10.6. The van der Waals surface area contributed by atoms with Crippen LogP contribution in [0.2, 0.25) is 0 Å². The van der Waals surface area contributed by atoms with E-state index in [2.05, 4.69) is 45.9 Å². The zero-order valence-electron chi connectivity index (χ0n) is 14.4. The van der Waals surface area contributed by atoms with Gasteiger partial charge in [0.15, 0.2) is 0 Å². The Bertz CT molecular complexity index is 503. The van der Waals surface area contributed by atoms with E-state index < -0.39 is 0 Å². The third-order valence-corrected chi connectivity index (χ3v) is 5.06. The molecule has 0 aromatic heterocycles. The summed E-state index contributed by atoms with van der Waals surface area (Å²) in [4.78, 5) is 14.4. The first-order valence-corrected chi connectivity index (χ1v) is 9.15. The van der Waals surface area contributed by atoms with E-state index >= 15 is 0 Å². The number of ether oxygens (including phenoxy) is 1. The maximum Gasteiger partial charge on any atom is 0.314 e. The van der Waals surface area contributed by atoms with Crippen LogP contribution in [0.5, 0.6) is 0 Å². The second-order valence-electron chi connectivity index (χ2n) is 7.02. The molecule has 1 aromatic carbocycles. The Balaban J connectivity index is 1.30. The van der Waals surface area contributed by atoms with E-state index in [1.807, 2.05) is 0 Å². The molecule has 1 aromatic rings. The van der Waals surface area contributed by atoms with Crippen LogP contribution >= 0.6 is 0 Å². The summed E-state index contributed by atoms with van der Waals surface area (Å²) in [6.45, 7) is 6.37. The fourth-order valence-corrected chi connectivity index (χ4v) is 3.55. The monoisotopic (exact) mass is 331 g/mol. The Morgan fingerprint density at radius 3 is 2.50 bits per heavy atom. The molecule has 0 bridgehead atoms. The van der Waals surface area contributed by atoms with E-state index in [1.54, 1.807) is 0 Å². The molecule has 0 saturated carbocycles. The predicted octanol–water partition coefficient (Wildman–Crippen LogP) is 2.23. The molecule has 2 fully saturated rings. The normalized spacial score (nSPS) is 22.4. The lowest BCUT2D eigenvalue weighted by molar-refractivity contribution is 0.0669. The molecule has 2 amide bonds. The van der Waals surface area contributed by atoms with Crippen LogP contribution < -0.4 is 10.6 Å². The van der Waals surface area contributed by atoms with Crippen LogP contribution in [0.15, 0.2) is 30.3 Å². The number of nitrogens with one attached hydrogen (secondary N) is 2. The third-order valence-electron chi connectivity index (χ3n) is 5.06. The number of urea groups is 1. The summed E-state index contributed by atoms with van der Waals surface area (Å²) < 4.78 is 5.34. The van der Waals surface area contributed by atoms with Gasteiger partial charge >= 0.3 is 6.03 Å². The first-order chi connectivity index (χ1) is 11.8. The van der Waals surface area contributed by atoms with Gasteiger partial charge in [0, 0.05) is 39.4 Å². The van der Waals surface area contributed by atoms with Crippen LogP contribution in [-0.4, -0.2) is 50.3 Å². The molecule has 2 aliphatic heterocycles. The summed E-state index contributed by atoms with van der Waals surface area (Å²) in [7, 11) is 0. The third kappa shape index (κ3) is 5.49. The fourth-order valence-electron chi connectivity index (χ4n) is 3.55. The summed E-state index contributed by atoms with van der Waals surface area (Å²) in [5.41, 5.74) is 1.36. The number of carbonyl (C=O) groups excluding carboxylic acids is 1. The molecule has 1 unspecified atom stereocenters. The van der Waals surface area contributed by atoms with Crippen molar-refractivity contribution in [2.24, 2.45) is 11.8 Å². The van der Waals surface area contributed by atoms with Crippen molar-refractivity contribution in [3.05, 3.63) is 35.9 Å². The molecule has 2 N–H and O–H groups in total. The Hall–Kier alpha value is -1.59. The molecule has 0 aliphatic carbocycles. The van der Waals surface area contributed by atoms with E-state index in [4.69, 9.17) is 4.74 Å². The van der Waals surface area contributed by atoms with Crippen LogP contribution in [0, 0.1) is 11.8 Å². The van der Waals surface area contributed by atoms with Crippen LogP contribution in [0.25, 0.3) is 0 Å². The van der Waals surface area contributed by atoms with Gasteiger partial charge in [-0.15, -0.1) is 0 Å². The lowest BCUT2D eigenvalue weighted by atomic mass is 10.0. The standard InChI is InChI=1S/C19H29N3O2/c23-19(20-12-16-7-10-24-11-8-16)21-13-18-6-9-22(15-18)14-17-4-2-1-3-5-17/h1-5,16,18H,6-15H2,(H2,20,21,23). The van der Waals surface area contributed by atoms with E-state index in [9.17, 15) is 4.79 Å². The maximum absolute atomic E-state index is 11.9. The van der Waals surface area contributed by atoms with Crippen molar-refractivity contribution >= 4 is 6.03 Å². The average molecular weight is 331 g/mol. The predicted molar refractivity (Wildman–Crippen MR) is 94.8 cm³/mol. The molecule has 0 spiro atoms. The van der Waals surface area contributed by atoms with Gasteiger partial charge in [0.05, 0.1) is 0 Å². The topological polar surface area (TPSA) is 53.6 Å². The van der Waals surface area contributed by atoms with Crippen LogP contribution in [-0.2, 0) is 11.3 Å². The van der Waals surface area contributed by atoms with Gasteiger partial charge in [-0.2, -0.15) is 0 Å². The molecule has 2 heterocycles. The number of carbonyl (C=O) groups is 1. The van der Waals surface area contributed by atoms with Gasteiger partial charge in [0.25, 0.3) is 0 Å². The van der Waals surface area contributed by atoms with Crippen molar-refractivity contribution in [3.63, 3.8) is 0 Å². The molecule has 5 nitrogen and oxygen atoms in total. The van der Waals surface area contributed by atoms with E-state index in [1.165, 1.54) is 5.56 Å². The van der Waals surface area contributed by atoms with Gasteiger partial charge in [-0.05, 0) is 43.2 Å². The van der Waals surface area contributed by atoms with Gasteiger partial charge in [-0.25, -0.2) is 4.79 Å². The van der Waals surface area contributed by atoms with Crippen LogP contribution in [0.3, 0.4) is 0 Å². The minimum Gasteiger partial charge on any atom is -0.381 e. The highest BCUT2D eigenvalue weighted by molar-refractivity contribution is 5.73. The zero-order chi connectivity index (χ0) is 16.6. The van der Waals surface area contributed by atoms with E-state index in [0.29, 0.717) is 11.8 Å². The number of hydrogen-bond donors (Lipinski definition) is 2. The Kier molecular flexibility index (Phi) is 6.49. The molecule has 132 valence electrons. The average Bonchev–Trinajstić information content (AvgIpc) is 3.07. The Morgan fingerprint density at radius 1 is 1.04 bits per heavy atom. The largest absolute Gasteiger partial charge is 0.381 e. The second-order valence-corrected chi connectivity index (χ2v) is 7.02. The smallest absolute Gasteiger partial charge is 0.314 e. The molecule has 2 aliphatic rings. The Labute approximate surface area is 144 Å². The van der Waals surface area contributed by atoms with Gasteiger partial charge < -0.3 is 15.4 Å². The number of hydrogen-bond acceptors (Lipinski definition) is 3. The fraction of sp³-hybridized carbons (Fsp3) is 0.632. The minimum atomic E-state index is -0.0250. The van der Waals surface area contributed by atoms with Crippen molar-refractivity contribution in [2.75, 3.05) is 39.4 Å². The van der Waals surface area contributed by atoms with Gasteiger partial charge in [-0.3, -0.25) is 4.90 Å². The zero-order valence-corrected chi connectivity index (χ0v) is 14.4. The van der Waals surface area contributed by atoms with Crippen molar-refractivity contribution in [1.82, 2.24) is 15.5 Å². The quantitative estimate of drug-likeness (QED) is 0.840. The van der Waals surface area contributed by atoms with E-state index in [0.717, 1.165) is 65.2 Å². The van der Waals surface area contributed by atoms with Crippen molar-refractivity contribution in [1.29, 1.82) is 0 Å². The first kappa shape index (κ1) is 17.2.